The van der Waals surface area contributed by atoms with E-state index in [1.165, 1.54) is 11.6 Å². The van der Waals surface area contributed by atoms with Gasteiger partial charge < -0.3 is 14.8 Å². The molecule has 0 radical (unpaired) electrons. The van der Waals surface area contributed by atoms with Gasteiger partial charge in [0.15, 0.2) is 11.5 Å². The summed E-state index contributed by atoms with van der Waals surface area (Å²) in [6.07, 6.45) is 0.922. The first-order chi connectivity index (χ1) is 9.83. The van der Waals surface area contributed by atoms with Crippen LogP contribution in [0.2, 0.25) is 0 Å². The third-order valence-electron chi connectivity index (χ3n) is 3.40. The van der Waals surface area contributed by atoms with Crippen LogP contribution < -0.4 is 14.8 Å². The second-order valence-electron chi connectivity index (χ2n) is 4.81. The molecule has 0 aliphatic carbocycles. The fourth-order valence-electron chi connectivity index (χ4n) is 2.29. The minimum Gasteiger partial charge on any atom is -0.454 e. The van der Waals surface area contributed by atoms with Crippen LogP contribution in [-0.4, -0.2) is 13.3 Å². The summed E-state index contributed by atoms with van der Waals surface area (Å²) in [4.78, 5) is 0. The van der Waals surface area contributed by atoms with E-state index in [4.69, 9.17) is 9.47 Å². The first-order valence-electron chi connectivity index (χ1n) is 6.76. The van der Waals surface area contributed by atoms with Crippen molar-refractivity contribution in [2.75, 3.05) is 13.3 Å². The zero-order chi connectivity index (χ0) is 13.8. The molecule has 2 aromatic rings. The Kier molecular flexibility index (Phi) is 3.83. The van der Waals surface area contributed by atoms with Gasteiger partial charge in [0.05, 0.1) is 6.54 Å². The van der Waals surface area contributed by atoms with Crippen LogP contribution in [0.4, 0.5) is 4.39 Å². The predicted molar refractivity (Wildman–Crippen MR) is 73.2 cm³/mol. The van der Waals surface area contributed by atoms with Crippen molar-refractivity contribution in [2.24, 2.45) is 0 Å². The molecule has 2 N–H and O–H groups in total. The Morgan fingerprint density at radius 1 is 1.05 bits per heavy atom. The summed E-state index contributed by atoms with van der Waals surface area (Å²) in [6.45, 7) is 1.88. The summed E-state index contributed by atoms with van der Waals surface area (Å²) in [5.41, 5.74) is 1.96. The second kappa shape index (κ2) is 5.92. The fourth-order valence-corrected chi connectivity index (χ4v) is 2.29. The van der Waals surface area contributed by atoms with Gasteiger partial charge in [0.1, 0.15) is 12.4 Å². The molecule has 0 atom stereocenters. The van der Waals surface area contributed by atoms with E-state index >= 15 is 0 Å². The molecule has 0 saturated heterocycles. The average Bonchev–Trinajstić information content (AvgIpc) is 2.93. The van der Waals surface area contributed by atoms with E-state index < -0.39 is 0 Å². The van der Waals surface area contributed by atoms with Crippen molar-refractivity contribution >= 4 is 0 Å². The van der Waals surface area contributed by atoms with Gasteiger partial charge in [-0.25, -0.2) is 4.39 Å². The summed E-state index contributed by atoms with van der Waals surface area (Å²) in [6, 6.07) is 12.9. The van der Waals surface area contributed by atoms with Gasteiger partial charge in [0.25, 0.3) is 0 Å². The van der Waals surface area contributed by atoms with Gasteiger partial charge in [0.2, 0.25) is 6.79 Å². The van der Waals surface area contributed by atoms with Crippen LogP contribution in [0.3, 0.4) is 0 Å². The molecule has 0 unspecified atom stereocenters. The third-order valence-corrected chi connectivity index (χ3v) is 3.40. The first-order valence-corrected chi connectivity index (χ1v) is 6.76. The Bertz CT molecular complexity index is 601. The van der Waals surface area contributed by atoms with E-state index in [1.54, 1.807) is 6.07 Å². The molecule has 4 heteroatoms. The van der Waals surface area contributed by atoms with Crippen LogP contribution in [0.25, 0.3) is 0 Å². The molecule has 104 valence electrons. The molecule has 1 aliphatic rings. The number of nitrogens with two attached hydrogens (primary N) is 1. The highest BCUT2D eigenvalue weighted by Crippen LogP contribution is 2.32. The van der Waals surface area contributed by atoms with Crippen molar-refractivity contribution in [3.05, 3.63) is 59.4 Å². The molecule has 2 aromatic carbocycles. The normalized spacial score (nSPS) is 12.7. The second-order valence-corrected chi connectivity index (χ2v) is 4.81. The standard InChI is InChI=1S/C16H16FNO2/c17-14-4-2-1-3-13(14)10-18-8-7-12-5-6-15-16(9-12)20-11-19-15/h1-6,9,18H,7-8,10-11H2/p+1. The van der Waals surface area contributed by atoms with Gasteiger partial charge in [0, 0.05) is 12.0 Å². The molecule has 3 nitrogen and oxygen atoms in total. The molecule has 3 rings (SSSR count). The van der Waals surface area contributed by atoms with Gasteiger partial charge in [-0.3, -0.25) is 0 Å². The lowest BCUT2D eigenvalue weighted by Crippen LogP contribution is -2.83. The molecule has 1 aliphatic heterocycles. The number of ether oxygens (including phenoxy) is 2. The van der Waals surface area contributed by atoms with Gasteiger partial charge in [-0.2, -0.15) is 0 Å². The molecular weight excluding hydrogens is 257 g/mol. The van der Waals surface area contributed by atoms with Crippen LogP contribution in [0.5, 0.6) is 11.5 Å². The van der Waals surface area contributed by atoms with E-state index in [0.717, 1.165) is 30.0 Å². The monoisotopic (exact) mass is 274 g/mol. The Morgan fingerprint density at radius 2 is 1.90 bits per heavy atom. The maximum atomic E-state index is 13.4. The molecule has 0 bridgehead atoms. The lowest BCUT2D eigenvalue weighted by Gasteiger charge is -2.04. The molecule has 0 amide bonds. The molecule has 1 heterocycles. The van der Waals surface area contributed by atoms with Gasteiger partial charge in [-0.1, -0.05) is 24.3 Å². The van der Waals surface area contributed by atoms with Crippen molar-refractivity contribution in [3.8, 4) is 11.5 Å². The lowest BCUT2D eigenvalue weighted by atomic mass is 10.1. The maximum Gasteiger partial charge on any atom is 0.231 e. The summed E-state index contributed by atoms with van der Waals surface area (Å²) >= 11 is 0. The smallest absolute Gasteiger partial charge is 0.231 e. The molecule has 0 spiro atoms. The summed E-state index contributed by atoms with van der Waals surface area (Å²) in [5.74, 6) is 1.49. The highest BCUT2D eigenvalue weighted by molar-refractivity contribution is 5.44. The SMILES string of the molecule is Fc1ccccc1C[NH2+]CCc1ccc2c(c1)OCO2. The predicted octanol–water partition coefficient (Wildman–Crippen LogP) is 1.86. The highest BCUT2D eigenvalue weighted by atomic mass is 19.1. The summed E-state index contributed by atoms with van der Waals surface area (Å²) in [5, 5.41) is 2.11. The maximum absolute atomic E-state index is 13.4. The van der Waals surface area contributed by atoms with Crippen LogP contribution in [0, 0.1) is 5.82 Å². The van der Waals surface area contributed by atoms with Crippen LogP contribution in [0.1, 0.15) is 11.1 Å². The number of fused-ring (bicyclic) bond motifs is 1. The number of quaternary nitrogens is 1. The van der Waals surface area contributed by atoms with Gasteiger partial charge >= 0.3 is 0 Å². The quantitative estimate of drug-likeness (QED) is 0.845. The van der Waals surface area contributed by atoms with E-state index in [2.05, 4.69) is 5.32 Å². The highest BCUT2D eigenvalue weighted by Gasteiger charge is 2.13. The lowest BCUT2D eigenvalue weighted by molar-refractivity contribution is -0.670. The van der Waals surface area contributed by atoms with Crippen LogP contribution in [0.15, 0.2) is 42.5 Å². The Hall–Kier alpha value is -2.07. The number of rotatable bonds is 5. The Morgan fingerprint density at radius 3 is 2.80 bits per heavy atom. The Labute approximate surface area is 117 Å². The summed E-state index contributed by atoms with van der Waals surface area (Å²) < 4.78 is 24.1. The minimum absolute atomic E-state index is 0.133. The average molecular weight is 274 g/mol. The zero-order valence-corrected chi connectivity index (χ0v) is 11.1. The fraction of sp³-hybridized carbons (Fsp3) is 0.250. The van der Waals surface area contributed by atoms with E-state index in [-0.39, 0.29) is 5.82 Å². The van der Waals surface area contributed by atoms with Gasteiger partial charge in [-0.05, 0) is 23.8 Å². The largest absolute Gasteiger partial charge is 0.454 e. The zero-order valence-electron chi connectivity index (χ0n) is 11.1. The van der Waals surface area contributed by atoms with E-state index in [9.17, 15) is 4.39 Å². The van der Waals surface area contributed by atoms with E-state index in [1.807, 2.05) is 30.3 Å². The van der Waals surface area contributed by atoms with Crippen molar-refractivity contribution in [2.45, 2.75) is 13.0 Å². The molecule has 0 aromatic heterocycles. The number of hydrogen-bond donors (Lipinski definition) is 1. The summed E-state index contributed by atoms with van der Waals surface area (Å²) in [7, 11) is 0. The van der Waals surface area contributed by atoms with Crippen LogP contribution >= 0.6 is 0 Å². The number of benzene rings is 2. The molecule has 0 saturated carbocycles. The van der Waals surface area contributed by atoms with Gasteiger partial charge in [-0.15, -0.1) is 0 Å². The topological polar surface area (TPSA) is 35.1 Å². The van der Waals surface area contributed by atoms with E-state index in [0.29, 0.717) is 13.3 Å². The molecule has 0 fully saturated rings. The number of halogens is 1. The van der Waals surface area contributed by atoms with Crippen molar-refractivity contribution in [3.63, 3.8) is 0 Å². The number of hydrogen-bond acceptors (Lipinski definition) is 2. The molecule has 20 heavy (non-hydrogen) atoms. The Balaban J connectivity index is 1.49. The minimum atomic E-state index is -0.133. The van der Waals surface area contributed by atoms with Crippen molar-refractivity contribution in [1.29, 1.82) is 0 Å². The van der Waals surface area contributed by atoms with Crippen molar-refractivity contribution in [1.82, 2.24) is 0 Å². The van der Waals surface area contributed by atoms with Crippen molar-refractivity contribution < 1.29 is 19.2 Å². The third kappa shape index (κ3) is 2.91. The molecular formula is C16H17FNO2+. The van der Waals surface area contributed by atoms with Crippen LogP contribution in [-0.2, 0) is 13.0 Å². The first kappa shape index (κ1) is 12.9.